The number of ether oxygens (including phenoxy) is 1. The Morgan fingerprint density at radius 2 is 2.35 bits per heavy atom. The predicted molar refractivity (Wildman–Crippen MR) is 82.8 cm³/mol. The molecule has 8 heteroatoms. The van der Waals surface area contributed by atoms with Gasteiger partial charge in [-0.3, -0.25) is 10.1 Å². The normalized spacial score (nSPS) is 20.9. The molecule has 0 radical (unpaired) electrons. The zero-order chi connectivity index (χ0) is 14.6. The van der Waals surface area contributed by atoms with Crippen LogP contribution in [0.5, 0.6) is 0 Å². The molecule has 0 spiro atoms. The fourth-order valence-corrected chi connectivity index (χ4v) is 2.94. The molecule has 2 N–H and O–H groups in total. The number of hydrogen-bond donors (Lipinski definition) is 2. The van der Waals surface area contributed by atoms with Crippen molar-refractivity contribution in [1.29, 1.82) is 0 Å². The standard InChI is InChI=1S/C12H15Cl3N2O2S/c13-12(14,15)11(16-7-8-3-1-5-19-8)17-10(18)9-4-2-6-20-9/h2,4,6,8,11,16H,1,3,5,7H2,(H,17,18)/t8-,11+/m1/s1. The van der Waals surface area contributed by atoms with Gasteiger partial charge in [0.15, 0.2) is 0 Å². The molecule has 1 amide bonds. The van der Waals surface area contributed by atoms with E-state index in [2.05, 4.69) is 10.6 Å². The first-order valence-corrected chi connectivity index (χ1v) is 8.24. The van der Waals surface area contributed by atoms with Crippen LogP contribution < -0.4 is 10.6 Å². The number of carbonyl (C=O) groups is 1. The van der Waals surface area contributed by atoms with Crippen LogP contribution in [0.2, 0.25) is 0 Å². The Morgan fingerprint density at radius 3 is 2.90 bits per heavy atom. The molecule has 0 bridgehead atoms. The number of amides is 1. The SMILES string of the molecule is O=C(N[C@H](NC[C@H]1CCCO1)C(Cl)(Cl)Cl)c1cccs1. The van der Waals surface area contributed by atoms with Crippen LogP contribution in [-0.4, -0.2) is 35.1 Å². The van der Waals surface area contributed by atoms with E-state index in [4.69, 9.17) is 39.5 Å². The summed E-state index contributed by atoms with van der Waals surface area (Å²) in [5, 5.41) is 7.56. The summed E-state index contributed by atoms with van der Waals surface area (Å²) in [6, 6.07) is 3.51. The number of carbonyl (C=O) groups excluding carboxylic acids is 1. The van der Waals surface area contributed by atoms with Crippen LogP contribution in [-0.2, 0) is 4.74 Å². The summed E-state index contributed by atoms with van der Waals surface area (Å²) in [5.41, 5.74) is 0. The summed E-state index contributed by atoms with van der Waals surface area (Å²) in [4.78, 5) is 12.6. The third kappa shape index (κ3) is 4.76. The maximum absolute atomic E-state index is 12.0. The smallest absolute Gasteiger partial charge is 0.262 e. The van der Waals surface area contributed by atoms with E-state index >= 15 is 0 Å². The zero-order valence-electron chi connectivity index (χ0n) is 10.6. The molecule has 2 heterocycles. The number of alkyl halides is 3. The van der Waals surface area contributed by atoms with Crippen LogP contribution in [0.3, 0.4) is 0 Å². The second-order valence-corrected chi connectivity index (χ2v) is 7.79. The summed E-state index contributed by atoms with van der Waals surface area (Å²) < 4.78 is 3.86. The van der Waals surface area contributed by atoms with E-state index in [0.29, 0.717) is 11.4 Å². The van der Waals surface area contributed by atoms with Gasteiger partial charge in [-0.1, -0.05) is 40.9 Å². The van der Waals surface area contributed by atoms with Crippen molar-refractivity contribution < 1.29 is 9.53 Å². The minimum absolute atomic E-state index is 0.100. The Morgan fingerprint density at radius 1 is 1.55 bits per heavy atom. The van der Waals surface area contributed by atoms with E-state index < -0.39 is 9.96 Å². The van der Waals surface area contributed by atoms with Crippen LogP contribution in [0.25, 0.3) is 0 Å². The van der Waals surface area contributed by atoms with E-state index in [1.165, 1.54) is 11.3 Å². The van der Waals surface area contributed by atoms with E-state index in [1.807, 2.05) is 5.38 Å². The van der Waals surface area contributed by atoms with Crippen molar-refractivity contribution in [3.63, 3.8) is 0 Å². The molecule has 0 aromatic carbocycles. The molecule has 1 aliphatic rings. The second-order valence-electron chi connectivity index (χ2n) is 4.47. The van der Waals surface area contributed by atoms with Gasteiger partial charge in [0, 0.05) is 13.2 Å². The molecule has 0 aliphatic carbocycles. The summed E-state index contributed by atoms with van der Waals surface area (Å²) in [6.45, 7) is 1.29. The predicted octanol–water partition coefficient (Wildman–Crippen LogP) is 2.94. The molecule has 2 atom stereocenters. The first kappa shape index (κ1) is 16.3. The minimum Gasteiger partial charge on any atom is -0.377 e. The highest BCUT2D eigenvalue weighted by molar-refractivity contribution is 7.12. The van der Waals surface area contributed by atoms with E-state index in [1.54, 1.807) is 12.1 Å². The number of thiophene rings is 1. The van der Waals surface area contributed by atoms with Gasteiger partial charge in [0.2, 0.25) is 3.79 Å². The monoisotopic (exact) mass is 356 g/mol. The average Bonchev–Trinajstić information content (AvgIpc) is 3.04. The highest BCUT2D eigenvalue weighted by Crippen LogP contribution is 2.29. The van der Waals surface area contributed by atoms with Crippen molar-refractivity contribution in [2.24, 2.45) is 0 Å². The van der Waals surface area contributed by atoms with Crippen LogP contribution in [0.1, 0.15) is 22.5 Å². The van der Waals surface area contributed by atoms with Gasteiger partial charge in [0.05, 0.1) is 11.0 Å². The lowest BCUT2D eigenvalue weighted by Crippen LogP contribution is -2.54. The first-order chi connectivity index (χ1) is 9.47. The summed E-state index contributed by atoms with van der Waals surface area (Å²) in [6.07, 6.45) is 1.33. The van der Waals surface area contributed by atoms with Crippen LogP contribution in [0.4, 0.5) is 0 Å². The van der Waals surface area contributed by atoms with Gasteiger partial charge >= 0.3 is 0 Å². The largest absolute Gasteiger partial charge is 0.377 e. The second kappa shape index (κ2) is 7.29. The molecule has 112 valence electrons. The Kier molecular flexibility index (Phi) is 5.95. The Labute approximate surface area is 136 Å². The lowest BCUT2D eigenvalue weighted by Gasteiger charge is -2.27. The molecule has 1 fully saturated rings. The highest BCUT2D eigenvalue weighted by atomic mass is 35.6. The van der Waals surface area contributed by atoms with Crippen LogP contribution in [0, 0.1) is 0 Å². The molecule has 0 unspecified atom stereocenters. The molecule has 1 aromatic rings. The molecule has 1 aromatic heterocycles. The number of hydrogen-bond acceptors (Lipinski definition) is 4. The number of halogens is 3. The molecule has 0 saturated carbocycles. The van der Waals surface area contributed by atoms with Gasteiger partial charge in [-0.2, -0.15) is 0 Å². The lowest BCUT2D eigenvalue weighted by molar-refractivity contribution is 0.0900. The van der Waals surface area contributed by atoms with E-state index in [0.717, 1.165) is 19.4 Å². The van der Waals surface area contributed by atoms with Gasteiger partial charge in [-0.25, -0.2) is 0 Å². The van der Waals surface area contributed by atoms with Gasteiger partial charge in [-0.15, -0.1) is 11.3 Å². The summed E-state index contributed by atoms with van der Waals surface area (Å²) >= 11 is 19.1. The fraction of sp³-hybridized carbons (Fsp3) is 0.583. The quantitative estimate of drug-likeness (QED) is 0.629. The van der Waals surface area contributed by atoms with E-state index in [9.17, 15) is 4.79 Å². The van der Waals surface area contributed by atoms with E-state index in [-0.39, 0.29) is 12.0 Å². The Balaban J connectivity index is 1.91. The van der Waals surface area contributed by atoms with Crippen LogP contribution >= 0.6 is 46.1 Å². The van der Waals surface area contributed by atoms with Crippen molar-refractivity contribution >= 4 is 52.0 Å². The van der Waals surface area contributed by atoms with Crippen molar-refractivity contribution in [2.45, 2.75) is 28.9 Å². The fourth-order valence-electron chi connectivity index (χ4n) is 1.91. The molecular formula is C12H15Cl3N2O2S. The summed E-state index contributed by atoms with van der Waals surface area (Å²) in [7, 11) is 0. The molecule has 2 rings (SSSR count). The van der Waals surface area contributed by atoms with Crippen LogP contribution in [0.15, 0.2) is 17.5 Å². The molecule has 4 nitrogen and oxygen atoms in total. The molecular weight excluding hydrogens is 343 g/mol. The topological polar surface area (TPSA) is 50.4 Å². The maximum atomic E-state index is 12.0. The lowest BCUT2D eigenvalue weighted by atomic mass is 10.2. The van der Waals surface area contributed by atoms with Gasteiger partial charge in [-0.05, 0) is 24.3 Å². The van der Waals surface area contributed by atoms with Crippen molar-refractivity contribution in [1.82, 2.24) is 10.6 Å². The molecule has 20 heavy (non-hydrogen) atoms. The first-order valence-electron chi connectivity index (χ1n) is 6.23. The molecule has 1 saturated heterocycles. The number of rotatable bonds is 5. The maximum Gasteiger partial charge on any atom is 0.262 e. The van der Waals surface area contributed by atoms with Crippen molar-refractivity contribution in [3.8, 4) is 0 Å². The van der Waals surface area contributed by atoms with Gasteiger partial charge < -0.3 is 10.1 Å². The van der Waals surface area contributed by atoms with Gasteiger partial charge in [0.1, 0.15) is 6.17 Å². The average molecular weight is 358 g/mol. The van der Waals surface area contributed by atoms with Gasteiger partial charge in [0.25, 0.3) is 5.91 Å². The third-order valence-corrected chi connectivity index (χ3v) is 4.44. The molecule has 1 aliphatic heterocycles. The minimum atomic E-state index is -1.63. The zero-order valence-corrected chi connectivity index (χ0v) is 13.7. The Hall–Kier alpha value is -0.0400. The van der Waals surface area contributed by atoms with Crippen molar-refractivity contribution in [3.05, 3.63) is 22.4 Å². The third-order valence-electron chi connectivity index (χ3n) is 2.92. The Bertz CT molecular complexity index is 430. The number of nitrogens with one attached hydrogen (secondary N) is 2. The highest BCUT2D eigenvalue weighted by Gasteiger charge is 2.34. The summed E-state index contributed by atoms with van der Waals surface area (Å²) in [5.74, 6) is -0.267. The van der Waals surface area contributed by atoms with Crippen molar-refractivity contribution in [2.75, 3.05) is 13.2 Å².